The van der Waals surface area contributed by atoms with E-state index in [1.165, 1.54) is 37.6 Å². The minimum absolute atomic E-state index is 0.332. The molecule has 0 radical (unpaired) electrons. The van der Waals surface area contributed by atoms with Gasteiger partial charge in [0.25, 0.3) is 0 Å². The molecule has 6 heteroatoms. The van der Waals surface area contributed by atoms with Crippen LogP contribution in [0.5, 0.6) is 0 Å². The molecule has 0 aliphatic heterocycles. The van der Waals surface area contributed by atoms with Crippen molar-refractivity contribution in [2.75, 3.05) is 7.11 Å². The third-order valence-electron chi connectivity index (χ3n) is 3.86. The number of aromatic amines is 1. The number of aromatic nitrogens is 2. The molecular formula is C17H15FN2O3. The van der Waals surface area contributed by atoms with Crippen LogP contribution in [0.2, 0.25) is 0 Å². The maximum atomic E-state index is 13.1. The molecule has 3 rings (SSSR count). The average Bonchev–Trinajstić information content (AvgIpc) is 2.99. The summed E-state index contributed by atoms with van der Waals surface area (Å²) in [6, 6.07) is 8.78. The highest BCUT2D eigenvalue weighted by molar-refractivity contribution is 6.01. The number of nitrogens with zero attached hydrogens (tertiary/aromatic N) is 1. The van der Waals surface area contributed by atoms with E-state index >= 15 is 0 Å². The van der Waals surface area contributed by atoms with Crippen LogP contribution in [0.1, 0.15) is 28.5 Å². The number of benzene rings is 1. The van der Waals surface area contributed by atoms with Crippen molar-refractivity contribution < 1.29 is 19.0 Å². The van der Waals surface area contributed by atoms with Crippen LogP contribution < -0.4 is 0 Å². The van der Waals surface area contributed by atoms with E-state index in [0.29, 0.717) is 27.9 Å². The van der Waals surface area contributed by atoms with Crippen molar-refractivity contribution in [2.45, 2.75) is 12.5 Å². The van der Waals surface area contributed by atoms with Crippen LogP contribution >= 0.6 is 0 Å². The molecule has 0 aliphatic carbocycles. The summed E-state index contributed by atoms with van der Waals surface area (Å²) in [7, 11) is 1.30. The Kier molecular flexibility index (Phi) is 3.61. The normalized spacial score (nSPS) is 13.7. The third kappa shape index (κ3) is 2.57. The molecule has 2 N–H and O–H groups in total. The Bertz CT molecular complexity index is 869. The van der Waals surface area contributed by atoms with Crippen LogP contribution in [0.3, 0.4) is 0 Å². The van der Waals surface area contributed by atoms with Gasteiger partial charge in [-0.2, -0.15) is 0 Å². The number of ether oxygens (including phenoxy) is 1. The van der Waals surface area contributed by atoms with Gasteiger partial charge in [0.15, 0.2) is 0 Å². The van der Waals surface area contributed by atoms with Crippen molar-refractivity contribution in [1.29, 1.82) is 0 Å². The lowest BCUT2D eigenvalue weighted by molar-refractivity contribution is 0.0602. The maximum absolute atomic E-state index is 13.1. The largest absolute Gasteiger partial charge is 0.465 e. The molecule has 118 valence electrons. The minimum Gasteiger partial charge on any atom is -0.465 e. The van der Waals surface area contributed by atoms with Crippen LogP contribution in [-0.2, 0) is 10.3 Å². The maximum Gasteiger partial charge on any atom is 0.340 e. The van der Waals surface area contributed by atoms with Gasteiger partial charge in [-0.15, -0.1) is 0 Å². The van der Waals surface area contributed by atoms with E-state index in [1.807, 2.05) is 0 Å². The first-order valence-corrected chi connectivity index (χ1v) is 6.98. The van der Waals surface area contributed by atoms with Crippen LogP contribution in [0, 0.1) is 5.82 Å². The van der Waals surface area contributed by atoms with Crippen molar-refractivity contribution in [1.82, 2.24) is 9.97 Å². The number of pyridine rings is 1. The van der Waals surface area contributed by atoms with Gasteiger partial charge in [0.2, 0.25) is 0 Å². The minimum atomic E-state index is -1.39. The molecule has 5 nitrogen and oxygen atoms in total. The molecule has 0 saturated heterocycles. The molecule has 0 spiro atoms. The second-order valence-corrected chi connectivity index (χ2v) is 5.37. The fourth-order valence-corrected chi connectivity index (χ4v) is 2.50. The van der Waals surface area contributed by atoms with Gasteiger partial charge in [0.1, 0.15) is 11.4 Å². The number of carbonyl (C=O) groups excluding carboxylic acids is 1. The number of nitrogens with one attached hydrogen (secondary N) is 1. The second kappa shape index (κ2) is 5.48. The summed E-state index contributed by atoms with van der Waals surface area (Å²) in [5.74, 6) is -0.872. The summed E-state index contributed by atoms with van der Waals surface area (Å²) in [5.41, 5.74) is 0.927. The third-order valence-corrected chi connectivity index (χ3v) is 3.86. The number of rotatable bonds is 3. The Morgan fingerprint density at radius 2 is 2.00 bits per heavy atom. The molecule has 0 amide bonds. The highest BCUT2D eigenvalue weighted by Crippen LogP contribution is 2.31. The molecule has 2 aromatic heterocycles. The molecule has 23 heavy (non-hydrogen) atoms. The first-order chi connectivity index (χ1) is 10.9. The van der Waals surface area contributed by atoms with Crippen LogP contribution in [0.4, 0.5) is 4.39 Å². The molecule has 0 fully saturated rings. The Morgan fingerprint density at radius 1 is 1.30 bits per heavy atom. The van der Waals surface area contributed by atoms with E-state index < -0.39 is 11.6 Å². The lowest BCUT2D eigenvalue weighted by Crippen LogP contribution is -2.23. The topological polar surface area (TPSA) is 75.2 Å². The van der Waals surface area contributed by atoms with Gasteiger partial charge in [-0.25, -0.2) is 9.18 Å². The van der Waals surface area contributed by atoms with E-state index in [0.717, 1.165) is 0 Å². The van der Waals surface area contributed by atoms with E-state index in [2.05, 4.69) is 9.97 Å². The molecule has 0 aliphatic rings. The molecular weight excluding hydrogens is 299 g/mol. The van der Waals surface area contributed by atoms with Crippen molar-refractivity contribution in [2.24, 2.45) is 0 Å². The first-order valence-electron chi connectivity index (χ1n) is 6.98. The van der Waals surface area contributed by atoms with Gasteiger partial charge in [-0.05, 0) is 36.8 Å². The lowest BCUT2D eigenvalue weighted by Gasteiger charge is -2.22. The molecule has 1 unspecified atom stereocenters. The van der Waals surface area contributed by atoms with Crippen molar-refractivity contribution in [3.8, 4) is 0 Å². The first kappa shape index (κ1) is 15.2. The SMILES string of the molecule is COC(=O)c1ccnc2cc(C(C)(O)c3ccc(F)cc3)[nH]c12. The number of esters is 1. The van der Waals surface area contributed by atoms with Gasteiger partial charge in [0.05, 0.1) is 29.4 Å². The molecule has 0 bridgehead atoms. The summed E-state index contributed by atoms with van der Waals surface area (Å²) in [4.78, 5) is 19.0. The molecule has 3 aromatic rings. The van der Waals surface area contributed by atoms with E-state index in [-0.39, 0.29) is 5.82 Å². The van der Waals surface area contributed by atoms with Gasteiger partial charge in [-0.3, -0.25) is 4.98 Å². The van der Waals surface area contributed by atoms with E-state index in [1.54, 1.807) is 19.1 Å². The zero-order valence-corrected chi connectivity index (χ0v) is 12.6. The predicted molar refractivity (Wildman–Crippen MR) is 82.5 cm³/mol. The zero-order valence-electron chi connectivity index (χ0n) is 12.6. The van der Waals surface area contributed by atoms with Gasteiger partial charge in [-0.1, -0.05) is 12.1 Å². The number of H-pyrrole nitrogens is 1. The lowest BCUT2D eigenvalue weighted by atomic mass is 9.93. The van der Waals surface area contributed by atoms with Gasteiger partial charge in [0, 0.05) is 6.20 Å². The van der Waals surface area contributed by atoms with Crippen LogP contribution in [-0.4, -0.2) is 28.2 Å². The Balaban J connectivity index is 2.13. The van der Waals surface area contributed by atoms with Crippen LogP contribution in [0.25, 0.3) is 11.0 Å². The predicted octanol–water partition coefficient (Wildman–Crippen LogP) is 2.74. The molecule has 1 atom stereocenters. The van der Waals surface area contributed by atoms with Crippen molar-refractivity contribution in [3.05, 3.63) is 65.2 Å². The fraction of sp³-hybridized carbons (Fsp3) is 0.176. The second-order valence-electron chi connectivity index (χ2n) is 5.37. The van der Waals surface area contributed by atoms with Crippen molar-refractivity contribution in [3.63, 3.8) is 0 Å². The Morgan fingerprint density at radius 3 is 2.65 bits per heavy atom. The Labute approximate surface area is 131 Å². The highest BCUT2D eigenvalue weighted by atomic mass is 19.1. The van der Waals surface area contributed by atoms with E-state index in [9.17, 15) is 14.3 Å². The molecule has 0 saturated carbocycles. The number of aliphatic hydroxyl groups is 1. The Hall–Kier alpha value is -2.73. The van der Waals surface area contributed by atoms with Gasteiger partial charge >= 0.3 is 5.97 Å². The fourth-order valence-electron chi connectivity index (χ4n) is 2.50. The summed E-state index contributed by atoms with van der Waals surface area (Å²) in [6.45, 7) is 1.59. The summed E-state index contributed by atoms with van der Waals surface area (Å²) in [5, 5.41) is 10.8. The van der Waals surface area contributed by atoms with E-state index in [4.69, 9.17) is 4.74 Å². The number of carbonyl (C=O) groups is 1. The smallest absolute Gasteiger partial charge is 0.340 e. The highest BCUT2D eigenvalue weighted by Gasteiger charge is 2.28. The molecule has 1 aromatic carbocycles. The zero-order chi connectivity index (χ0) is 16.6. The quantitative estimate of drug-likeness (QED) is 0.729. The summed E-state index contributed by atoms with van der Waals surface area (Å²) < 4.78 is 17.8. The van der Waals surface area contributed by atoms with Crippen LogP contribution in [0.15, 0.2) is 42.6 Å². The summed E-state index contributed by atoms with van der Waals surface area (Å²) >= 11 is 0. The number of fused-ring (bicyclic) bond motifs is 1. The number of methoxy groups -OCH3 is 1. The monoisotopic (exact) mass is 314 g/mol. The average molecular weight is 314 g/mol. The standard InChI is InChI=1S/C17H15FN2O3/c1-17(22,10-3-5-11(18)6-4-10)14-9-13-15(20-14)12(7-8-19-13)16(21)23-2/h3-9,20,22H,1-2H3. The summed E-state index contributed by atoms with van der Waals surface area (Å²) in [6.07, 6.45) is 1.50. The molecule has 2 heterocycles. The number of hydrogen-bond acceptors (Lipinski definition) is 4. The number of halogens is 1. The van der Waals surface area contributed by atoms with Gasteiger partial charge < -0.3 is 14.8 Å². The number of hydrogen-bond donors (Lipinski definition) is 2. The van der Waals surface area contributed by atoms with Crippen molar-refractivity contribution >= 4 is 17.0 Å².